The molecule has 0 aliphatic carbocycles. The number of rotatable bonds is 2. The fourth-order valence-electron chi connectivity index (χ4n) is 0.939. The second kappa shape index (κ2) is 4.56. The van der Waals surface area contributed by atoms with Crippen molar-refractivity contribution >= 4 is 22.4 Å². The number of thiazole rings is 1. The monoisotopic (exact) mass is 264 g/mol. The number of halogens is 2. The van der Waals surface area contributed by atoms with Crippen LogP contribution in [0, 0.1) is 0 Å². The van der Waals surface area contributed by atoms with E-state index in [4.69, 9.17) is 4.74 Å². The quantitative estimate of drug-likeness (QED) is 0.887. The number of carbonyl (C=O) groups is 1. The van der Waals surface area contributed by atoms with Gasteiger partial charge in [0.05, 0.1) is 6.20 Å². The molecule has 0 radical (unpaired) electrons. The van der Waals surface area contributed by atoms with Gasteiger partial charge in [-0.2, -0.15) is 8.78 Å². The molecule has 0 spiro atoms. The molecule has 0 saturated carbocycles. The molecule has 1 heterocycles. The van der Waals surface area contributed by atoms with Crippen molar-refractivity contribution in [2.75, 3.05) is 5.32 Å². The van der Waals surface area contributed by atoms with E-state index >= 15 is 0 Å². The van der Waals surface area contributed by atoms with E-state index < -0.39 is 17.6 Å². The lowest BCUT2D eigenvalue weighted by Gasteiger charge is -2.19. The minimum Gasteiger partial charge on any atom is -0.444 e. The molecule has 0 fully saturated rings. The van der Waals surface area contributed by atoms with Crippen molar-refractivity contribution in [1.29, 1.82) is 0 Å². The van der Waals surface area contributed by atoms with Crippen LogP contribution in [0.5, 0.6) is 0 Å². The highest BCUT2D eigenvalue weighted by molar-refractivity contribution is 7.16. The Morgan fingerprint density at radius 3 is 2.41 bits per heavy atom. The summed E-state index contributed by atoms with van der Waals surface area (Å²) >= 11 is 0.721. The molecule has 0 aromatic carbocycles. The Morgan fingerprint density at radius 2 is 2.00 bits per heavy atom. The standard InChI is InChI=1S/C10H14F2N2O2S/c1-9(2,3)16-8(15)14-6-5-13-7(17-6)10(4,11)12/h5H,1-4H3,(H,14,15). The number of amides is 1. The molecule has 96 valence electrons. The molecule has 1 N–H and O–H groups in total. The van der Waals surface area contributed by atoms with Crippen LogP contribution in [-0.2, 0) is 10.7 Å². The summed E-state index contributed by atoms with van der Waals surface area (Å²) in [6.45, 7) is 5.89. The molecule has 0 unspecified atom stereocenters. The molecule has 1 aromatic heterocycles. The molecule has 0 aliphatic rings. The van der Waals surface area contributed by atoms with Crippen LogP contribution in [0.2, 0.25) is 0 Å². The minimum absolute atomic E-state index is 0.232. The fraction of sp³-hybridized carbons (Fsp3) is 0.600. The molecule has 0 aliphatic heterocycles. The van der Waals surface area contributed by atoms with Crippen molar-refractivity contribution in [3.8, 4) is 0 Å². The molecule has 4 nitrogen and oxygen atoms in total. The average Bonchev–Trinajstić information content (AvgIpc) is 2.47. The first-order chi connectivity index (χ1) is 7.58. The van der Waals surface area contributed by atoms with E-state index in [1.54, 1.807) is 20.8 Å². The molecule has 1 rings (SSSR count). The zero-order valence-corrected chi connectivity index (χ0v) is 10.8. The van der Waals surface area contributed by atoms with E-state index in [0.29, 0.717) is 0 Å². The van der Waals surface area contributed by atoms with Crippen molar-refractivity contribution in [2.45, 2.75) is 39.2 Å². The van der Waals surface area contributed by atoms with Gasteiger partial charge in [-0.1, -0.05) is 11.3 Å². The first-order valence-corrected chi connectivity index (χ1v) is 5.74. The Labute approximate surface area is 102 Å². The Balaban J connectivity index is 2.65. The largest absolute Gasteiger partial charge is 0.444 e. The summed E-state index contributed by atoms with van der Waals surface area (Å²) in [6, 6.07) is 0. The van der Waals surface area contributed by atoms with Crippen molar-refractivity contribution in [2.24, 2.45) is 0 Å². The number of nitrogens with zero attached hydrogens (tertiary/aromatic N) is 1. The Hall–Kier alpha value is -1.24. The molecule has 0 bridgehead atoms. The molecular formula is C10H14F2N2O2S. The van der Waals surface area contributed by atoms with Crippen LogP contribution in [0.25, 0.3) is 0 Å². The summed E-state index contributed by atoms with van der Waals surface area (Å²) in [5.41, 5.74) is -0.633. The van der Waals surface area contributed by atoms with Gasteiger partial charge in [-0.15, -0.1) is 0 Å². The van der Waals surface area contributed by atoms with Gasteiger partial charge in [0.15, 0.2) is 5.01 Å². The highest BCUT2D eigenvalue weighted by atomic mass is 32.1. The fourth-order valence-corrected chi connectivity index (χ4v) is 1.67. The van der Waals surface area contributed by atoms with Crippen LogP contribution in [0.4, 0.5) is 18.6 Å². The van der Waals surface area contributed by atoms with Gasteiger partial charge in [-0.3, -0.25) is 5.32 Å². The van der Waals surface area contributed by atoms with Crippen LogP contribution in [0.3, 0.4) is 0 Å². The van der Waals surface area contributed by atoms with Crippen LogP contribution < -0.4 is 5.32 Å². The zero-order chi connectivity index (χ0) is 13.3. The summed E-state index contributed by atoms with van der Waals surface area (Å²) in [5, 5.41) is 2.24. The van der Waals surface area contributed by atoms with Gasteiger partial charge in [0.25, 0.3) is 5.92 Å². The second-order valence-corrected chi connectivity index (χ2v) is 5.58. The van der Waals surface area contributed by atoms with Crippen molar-refractivity contribution < 1.29 is 18.3 Å². The van der Waals surface area contributed by atoms with Crippen LogP contribution in [0.1, 0.15) is 32.7 Å². The first-order valence-electron chi connectivity index (χ1n) is 4.92. The number of hydrogen-bond acceptors (Lipinski definition) is 4. The number of aromatic nitrogens is 1. The van der Waals surface area contributed by atoms with Gasteiger partial charge in [0.1, 0.15) is 10.6 Å². The SMILES string of the molecule is CC(C)(C)OC(=O)Nc1cnc(C(C)(F)F)s1. The zero-order valence-electron chi connectivity index (χ0n) is 10.0. The first kappa shape index (κ1) is 13.8. The molecule has 1 amide bonds. The average molecular weight is 264 g/mol. The summed E-state index contributed by atoms with van der Waals surface area (Å²) in [6.07, 6.45) is 0.494. The molecule has 17 heavy (non-hydrogen) atoms. The maximum absolute atomic E-state index is 12.9. The molecule has 0 saturated heterocycles. The number of nitrogens with one attached hydrogen (secondary N) is 1. The Kier molecular flexibility index (Phi) is 3.71. The summed E-state index contributed by atoms with van der Waals surface area (Å²) in [4.78, 5) is 14.9. The predicted molar refractivity (Wildman–Crippen MR) is 61.5 cm³/mol. The minimum atomic E-state index is -3.00. The molecule has 0 atom stereocenters. The van der Waals surface area contributed by atoms with E-state index in [9.17, 15) is 13.6 Å². The number of carbonyl (C=O) groups excluding carboxylic acids is 1. The third-order valence-electron chi connectivity index (χ3n) is 1.51. The lowest BCUT2D eigenvalue weighted by atomic mass is 10.2. The van der Waals surface area contributed by atoms with E-state index in [2.05, 4.69) is 10.3 Å². The summed E-state index contributed by atoms with van der Waals surface area (Å²) in [7, 11) is 0. The third kappa shape index (κ3) is 4.64. The van der Waals surface area contributed by atoms with Crippen molar-refractivity contribution in [3.05, 3.63) is 11.2 Å². The van der Waals surface area contributed by atoms with Crippen LogP contribution in [0.15, 0.2) is 6.20 Å². The third-order valence-corrected chi connectivity index (χ3v) is 2.59. The summed E-state index contributed by atoms with van der Waals surface area (Å²) < 4.78 is 30.7. The van der Waals surface area contributed by atoms with Crippen LogP contribution in [-0.4, -0.2) is 16.7 Å². The topological polar surface area (TPSA) is 51.2 Å². The lowest BCUT2D eigenvalue weighted by molar-refractivity contribution is 0.0172. The summed E-state index contributed by atoms with van der Waals surface area (Å²) in [5.74, 6) is -3.00. The highest BCUT2D eigenvalue weighted by Gasteiger charge is 2.28. The van der Waals surface area contributed by atoms with E-state index in [1.165, 1.54) is 6.20 Å². The van der Waals surface area contributed by atoms with Gasteiger partial charge in [-0.25, -0.2) is 9.78 Å². The number of hydrogen-bond donors (Lipinski definition) is 1. The number of ether oxygens (including phenoxy) is 1. The number of alkyl halides is 2. The van der Waals surface area contributed by atoms with Gasteiger partial charge >= 0.3 is 6.09 Å². The normalized spacial score (nSPS) is 12.4. The van der Waals surface area contributed by atoms with Gasteiger partial charge in [0, 0.05) is 6.92 Å². The maximum atomic E-state index is 12.9. The predicted octanol–water partition coefficient (Wildman–Crippen LogP) is 3.60. The molecule has 7 heteroatoms. The Bertz CT molecular complexity index is 407. The van der Waals surface area contributed by atoms with E-state index in [-0.39, 0.29) is 10.0 Å². The lowest BCUT2D eigenvalue weighted by Crippen LogP contribution is -2.26. The highest BCUT2D eigenvalue weighted by Crippen LogP contribution is 2.32. The van der Waals surface area contributed by atoms with Crippen LogP contribution >= 0.6 is 11.3 Å². The Morgan fingerprint density at radius 1 is 1.41 bits per heavy atom. The second-order valence-electron chi connectivity index (χ2n) is 4.54. The number of anilines is 1. The smallest absolute Gasteiger partial charge is 0.412 e. The molecular weight excluding hydrogens is 250 g/mol. The van der Waals surface area contributed by atoms with Gasteiger partial charge < -0.3 is 4.74 Å². The van der Waals surface area contributed by atoms with E-state index in [0.717, 1.165) is 18.3 Å². The van der Waals surface area contributed by atoms with Gasteiger partial charge in [0.2, 0.25) is 0 Å². The van der Waals surface area contributed by atoms with Gasteiger partial charge in [-0.05, 0) is 20.8 Å². The van der Waals surface area contributed by atoms with Crippen molar-refractivity contribution in [3.63, 3.8) is 0 Å². The molecule has 1 aromatic rings. The maximum Gasteiger partial charge on any atom is 0.412 e. The van der Waals surface area contributed by atoms with Crippen molar-refractivity contribution in [1.82, 2.24) is 4.98 Å². The van der Waals surface area contributed by atoms with E-state index in [1.807, 2.05) is 0 Å².